The second-order valence-electron chi connectivity index (χ2n) is 5.28. The van der Waals surface area contributed by atoms with Gasteiger partial charge in [-0.3, -0.25) is 4.72 Å². The van der Waals surface area contributed by atoms with Crippen LogP contribution in [0.5, 0.6) is 5.75 Å². The Labute approximate surface area is 179 Å². The Balaban J connectivity index is 0.000000363. The molecule has 0 bridgehead atoms. The first-order valence-corrected chi connectivity index (χ1v) is 10.6. The predicted molar refractivity (Wildman–Crippen MR) is 105 cm³/mol. The number of halogens is 1. The van der Waals surface area contributed by atoms with Crippen molar-refractivity contribution < 1.29 is 35.6 Å². The molecule has 0 aliphatic heterocycles. The van der Waals surface area contributed by atoms with Gasteiger partial charge in [-0.1, -0.05) is 48.0 Å². The zero-order valence-electron chi connectivity index (χ0n) is 14.7. The van der Waals surface area contributed by atoms with Crippen LogP contribution in [-0.2, 0) is 32.1 Å². The van der Waals surface area contributed by atoms with Crippen molar-refractivity contribution in [1.82, 2.24) is 0 Å². The van der Waals surface area contributed by atoms with E-state index in [1.165, 1.54) is 18.2 Å². The third-order valence-electron chi connectivity index (χ3n) is 3.38. The number of aromatic hydroxyl groups is 1. The van der Waals surface area contributed by atoms with Gasteiger partial charge >= 0.3 is 22.1 Å². The van der Waals surface area contributed by atoms with Crippen molar-refractivity contribution >= 4 is 33.0 Å². The van der Waals surface area contributed by atoms with Crippen LogP contribution in [0.1, 0.15) is 5.56 Å². The Morgan fingerprint density at radius 3 is 2.25 bits per heavy atom. The maximum atomic E-state index is 12.2. The fourth-order valence-electron chi connectivity index (χ4n) is 1.98. The van der Waals surface area contributed by atoms with Crippen LogP contribution in [0, 0.1) is 13.0 Å². The number of rotatable bonds is 3. The summed E-state index contributed by atoms with van der Waals surface area (Å²) in [5, 5.41) is 10.0. The molecular weight excluding hydrogens is 578 g/mol. The summed E-state index contributed by atoms with van der Waals surface area (Å²) in [6.07, 6.45) is 0. The van der Waals surface area contributed by atoms with Crippen molar-refractivity contribution in [1.29, 1.82) is 0 Å². The molecule has 3 aromatic carbocycles. The fraction of sp³-hybridized carbons (Fsp3) is 0.0526. The monoisotopic (exact) mass is 596 g/mol. The molecule has 0 spiro atoms. The van der Waals surface area contributed by atoms with E-state index in [0.29, 0.717) is 40.5 Å². The maximum absolute atomic E-state index is 12.2. The zero-order valence-corrected chi connectivity index (χ0v) is 18.8. The molecule has 6 nitrogen and oxygen atoms in total. The first-order chi connectivity index (χ1) is 13.3. The third-order valence-corrected chi connectivity index (χ3v) is 5.18. The standard InChI is InChI=1S/C13H11ClNO3S.C6H6N.O.Os/c1-9-10(14)5-4-6-11(9)15-19(17,18)13-8-3-2-7-12(13)16;7-6-4-2-1-3-5-6;;/h2,4-8,15-16H,1H3;1-5,7H;;/q2*-1;;. The second-order valence-corrected chi connectivity index (χ2v) is 7.34. The van der Waals surface area contributed by atoms with Crippen LogP contribution in [0.3, 0.4) is 0 Å². The molecule has 3 N–H and O–H groups in total. The van der Waals surface area contributed by atoms with Crippen molar-refractivity contribution in [3.63, 3.8) is 0 Å². The summed E-state index contributed by atoms with van der Waals surface area (Å²) >= 11 is 6.54. The van der Waals surface area contributed by atoms with E-state index in [0.717, 1.165) is 0 Å². The summed E-state index contributed by atoms with van der Waals surface area (Å²) in [5.74, 6) is -0.328. The minimum atomic E-state index is -3.87. The average molecular weight is 595 g/mol. The van der Waals surface area contributed by atoms with Gasteiger partial charge in [-0.15, -0.1) is 11.8 Å². The molecule has 150 valence electrons. The van der Waals surface area contributed by atoms with E-state index in [4.69, 9.17) is 20.9 Å². The van der Waals surface area contributed by atoms with Crippen LogP contribution in [0.15, 0.2) is 71.6 Å². The summed E-state index contributed by atoms with van der Waals surface area (Å²) in [6.45, 7) is 1.71. The molecule has 0 aliphatic rings. The van der Waals surface area contributed by atoms with Gasteiger partial charge in [-0.2, -0.15) is 18.2 Å². The molecule has 28 heavy (non-hydrogen) atoms. The number of sulfonamides is 1. The molecule has 0 unspecified atom stereocenters. The van der Waals surface area contributed by atoms with Gasteiger partial charge in [-0.25, -0.2) is 8.42 Å². The summed E-state index contributed by atoms with van der Waals surface area (Å²) < 4.78 is 35.0. The normalized spacial score (nSPS) is 9.96. The number of anilines is 1. The van der Waals surface area contributed by atoms with Gasteiger partial charge < -0.3 is 10.8 Å². The molecule has 9 heteroatoms. The Morgan fingerprint density at radius 1 is 1.07 bits per heavy atom. The molecule has 3 aromatic rings. The van der Waals surface area contributed by atoms with Crippen molar-refractivity contribution in [2.24, 2.45) is 0 Å². The molecule has 3 rings (SSSR count). The number of nitrogens with one attached hydrogen (secondary N) is 2. The zero-order chi connectivity index (χ0) is 21.2. The third kappa shape index (κ3) is 7.04. The molecular formula is C19H17ClN2O4OsS-2. The summed E-state index contributed by atoms with van der Waals surface area (Å²) in [4.78, 5) is -0.227. The number of phenolic OH excluding ortho intramolecular Hbond substituents is 1. The van der Waals surface area contributed by atoms with Gasteiger partial charge in [0, 0.05) is 15.7 Å². The Kier molecular flexibility index (Phi) is 9.81. The Hall–Kier alpha value is -2.26. The molecule has 0 saturated heterocycles. The quantitative estimate of drug-likeness (QED) is 0.406. The van der Waals surface area contributed by atoms with Crippen molar-refractivity contribution in [2.45, 2.75) is 11.8 Å². The van der Waals surface area contributed by atoms with E-state index in [-0.39, 0.29) is 10.6 Å². The molecule has 0 aliphatic carbocycles. The molecule has 0 radical (unpaired) electrons. The Morgan fingerprint density at radius 2 is 1.71 bits per heavy atom. The van der Waals surface area contributed by atoms with Gasteiger partial charge in [0.25, 0.3) is 0 Å². The number of benzene rings is 3. The van der Waals surface area contributed by atoms with Crippen molar-refractivity contribution in [3.8, 4) is 5.75 Å². The summed E-state index contributed by atoms with van der Waals surface area (Å²) in [7, 11) is -3.87. The molecule has 0 heterocycles. The van der Waals surface area contributed by atoms with Crippen LogP contribution in [0.2, 0.25) is 5.02 Å². The topological polar surface area (TPSA) is 107 Å². The van der Waals surface area contributed by atoms with E-state index in [1.807, 2.05) is 18.2 Å². The van der Waals surface area contributed by atoms with Crippen LogP contribution < -0.4 is 4.72 Å². The van der Waals surface area contributed by atoms with E-state index in [9.17, 15) is 13.5 Å². The van der Waals surface area contributed by atoms with Gasteiger partial charge in [0.2, 0.25) is 10.0 Å². The van der Waals surface area contributed by atoms with Crippen LogP contribution in [-0.4, -0.2) is 13.5 Å². The van der Waals surface area contributed by atoms with Crippen molar-refractivity contribution in [2.75, 3.05) is 4.72 Å². The SMILES string of the molecule is Cc1c(Cl)cccc1NS(=O)(=O)c1c[c-]ccc1O.[NH-]c1ccccc1.[O]=[Os]. The Bertz CT molecular complexity index is 1000. The van der Waals surface area contributed by atoms with Gasteiger partial charge in [0.15, 0.2) is 0 Å². The molecule has 0 fully saturated rings. The van der Waals surface area contributed by atoms with Gasteiger partial charge in [0.1, 0.15) is 0 Å². The van der Waals surface area contributed by atoms with E-state index in [1.54, 1.807) is 37.3 Å². The van der Waals surface area contributed by atoms with E-state index >= 15 is 0 Å². The molecule has 0 amide bonds. The number of phenols is 1. The van der Waals surface area contributed by atoms with Gasteiger partial charge in [-0.05, 0) is 24.6 Å². The first-order valence-electron chi connectivity index (χ1n) is 7.69. The molecule has 0 saturated carbocycles. The van der Waals surface area contributed by atoms with Crippen LogP contribution >= 0.6 is 11.6 Å². The van der Waals surface area contributed by atoms with Gasteiger partial charge in [0.05, 0.1) is 5.69 Å². The minimum absolute atomic E-state index is 0.227. The average Bonchev–Trinajstić information content (AvgIpc) is 2.68. The van der Waals surface area contributed by atoms with Crippen LogP contribution in [0.25, 0.3) is 5.73 Å². The van der Waals surface area contributed by atoms with Crippen LogP contribution in [0.4, 0.5) is 11.4 Å². The van der Waals surface area contributed by atoms with E-state index < -0.39 is 10.0 Å². The fourth-order valence-corrected chi connectivity index (χ4v) is 3.34. The summed E-state index contributed by atoms with van der Waals surface area (Å²) in [5.41, 5.74) is 8.56. The molecule has 0 atom stereocenters. The van der Waals surface area contributed by atoms with E-state index in [2.05, 4.69) is 10.8 Å². The van der Waals surface area contributed by atoms with Crippen molar-refractivity contribution in [3.05, 3.63) is 89.1 Å². The number of hydrogen-bond acceptors (Lipinski definition) is 4. The molecule has 0 aromatic heterocycles. The second kappa shape index (κ2) is 11.6. The first kappa shape index (κ1) is 23.8. The number of hydrogen-bond donors (Lipinski definition) is 2. The summed E-state index contributed by atoms with van der Waals surface area (Å²) in [6, 6.07) is 20.5. The predicted octanol–water partition coefficient (Wildman–Crippen LogP) is 5.20.